The summed E-state index contributed by atoms with van der Waals surface area (Å²) in [5.74, 6) is -9.14. The number of aliphatic hydroxyl groups excluding tert-OH is 1. The fraction of sp³-hybridized carbons (Fsp3) is 0.474. The summed E-state index contributed by atoms with van der Waals surface area (Å²) in [5.41, 5.74) is -1.39. The van der Waals surface area contributed by atoms with E-state index in [9.17, 15) is 39.0 Å². The molecule has 0 radical (unpaired) electrons. The maximum absolute atomic E-state index is 13.9. The van der Waals surface area contributed by atoms with Gasteiger partial charge in [-0.3, -0.25) is 28.8 Å². The Balaban J connectivity index is 1.85. The van der Waals surface area contributed by atoms with Crippen LogP contribution in [0.2, 0.25) is 0 Å². The lowest BCUT2D eigenvalue weighted by atomic mass is 9.78. The van der Waals surface area contributed by atoms with Gasteiger partial charge in [0.15, 0.2) is 5.78 Å². The fourth-order valence-corrected chi connectivity index (χ4v) is 6.92. The van der Waals surface area contributed by atoms with Crippen molar-refractivity contribution in [3.63, 3.8) is 0 Å². The van der Waals surface area contributed by atoms with Gasteiger partial charge in [0.1, 0.15) is 23.7 Å². The van der Waals surface area contributed by atoms with Crippen LogP contribution in [0.15, 0.2) is 47.9 Å². The third-order valence-electron chi connectivity index (χ3n) is 9.97. The van der Waals surface area contributed by atoms with Gasteiger partial charge in [-0.25, -0.2) is 0 Å². The maximum atomic E-state index is 13.9. The number of hydrogen-bond acceptors (Lipinski definition) is 13. The number of Topliss-reactive ketones (excluding diaryl/α,β-unsaturated/α-hetero) is 2. The summed E-state index contributed by atoms with van der Waals surface area (Å²) in [6.45, 7) is 12.6. The van der Waals surface area contributed by atoms with Crippen molar-refractivity contribution >= 4 is 35.7 Å². The molecular weight excluding hydrogens is 678 g/mol. The number of amides is 1. The first kappa shape index (κ1) is 39.7. The summed E-state index contributed by atoms with van der Waals surface area (Å²) < 4.78 is 28.6. The van der Waals surface area contributed by atoms with E-state index in [1.54, 1.807) is 39.8 Å². The predicted octanol–water partition coefficient (Wildman–Crippen LogP) is 3.81. The molecule has 3 N–H and O–H groups in total. The molecule has 0 aromatic heterocycles. The summed E-state index contributed by atoms with van der Waals surface area (Å²) in [7, 11) is 1.41. The van der Waals surface area contributed by atoms with Crippen molar-refractivity contribution < 1.29 is 62.7 Å². The number of aromatic hydroxyl groups is 1. The van der Waals surface area contributed by atoms with Gasteiger partial charge < -0.3 is 39.2 Å². The van der Waals surface area contributed by atoms with Crippen molar-refractivity contribution in [1.82, 2.24) is 5.32 Å². The van der Waals surface area contributed by atoms with Crippen LogP contribution in [0, 0.1) is 30.6 Å². The quantitative estimate of drug-likeness (QED) is 0.299. The Morgan fingerprint density at radius 2 is 1.63 bits per heavy atom. The first-order valence-electron chi connectivity index (χ1n) is 16.8. The SMILES string of the molecule is CO[C@@H]1C=CO[C@@]2(C)Oc3c(C)c(O)c4c(c3C2=O)C(=O)C=C(NC(=O)C(C)=CC=C[C@H](C)[C@H](OC=O)[C@H](C)[C@H](O)[C@H](C)[C@H](OC(C)=O)[C@@H]1C)C4=O. The van der Waals surface area contributed by atoms with Gasteiger partial charge in [0.2, 0.25) is 5.78 Å². The standard InChI is InChI=1S/C38H45NO13/c1-17-11-10-12-18(2)37(47)39-24-15-25(42)27-28(32(24)45)31(44)22(6)35-29(27)36(46)38(8,52-35)50-14-13-26(48-9)19(3)34(51-23(7)41)21(5)30(43)20(4)33(17)49-16-40/h10-17,19-21,26,30,33-34,43-44H,1-9H3,(H,39,47)/t17-,19+,20+,21-,26+,30-,33-,34+,38-/m0/s1. The van der Waals surface area contributed by atoms with E-state index in [-0.39, 0.29) is 34.5 Å². The molecule has 0 saturated carbocycles. The molecule has 0 unspecified atom stereocenters. The minimum Gasteiger partial charge on any atom is -0.507 e. The highest BCUT2D eigenvalue weighted by Crippen LogP contribution is 2.48. The van der Waals surface area contributed by atoms with Crippen LogP contribution in [-0.4, -0.2) is 83.2 Å². The largest absolute Gasteiger partial charge is 0.507 e. The van der Waals surface area contributed by atoms with Crippen LogP contribution in [0.1, 0.15) is 85.1 Å². The number of carbonyl (C=O) groups is 6. The van der Waals surface area contributed by atoms with E-state index >= 15 is 0 Å². The van der Waals surface area contributed by atoms with Gasteiger partial charge in [-0.1, -0.05) is 45.9 Å². The number of fused-ring (bicyclic) bond motifs is 14. The molecule has 1 amide bonds. The predicted molar refractivity (Wildman–Crippen MR) is 184 cm³/mol. The van der Waals surface area contributed by atoms with Crippen LogP contribution in [0.25, 0.3) is 0 Å². The smallest absolute Gasteiger partial charge is 0.312 e. The third kappa shape index (κ3) is 7.44. The number of methoxy groups -OCH3 is 1. The highest BCUT2D eigenvalue weighted by molar-refractivity contribution is 6.30. The van der Waals surface area contributed by atoms with Crippen molar-refractivity contribution in [2.45, 2.75) is 85.6 Å². The topological polar surface area (TPSA) is 201 Å². The molecule has 14 heteroatoms. The number of phenols is 1. The molecule has 14 nitrogen and oxygen atoms in total. The molecule has 0 saturated heterocycles. The molecule has 3 aliphatic heterocycles. The number of nitrogens with one attached hydrogen (secondary N) is 1. The molecule has 5 rings (SSSR count). The maximum Gasteiger partial charge on any atom is 0.312 e. The van der Waals surface area contributed by atoms with E-state index in [1.807, 2.05) is 0 Å². The zero-order chi connectivity index (χ0) is 38.8. The molecular formula is C38H45NO13. The van der Waals surface area contributed by atoms with Crippen molar-refractivity contribution in [2.75, 3.05) is 7.11 Å². The van der Waals surface area contributed by atoms with E-state index in [2.05, 4.69) is 5.32 Å². The summed E-state index contributed by atoms with van der Waals surface area (Å²) in [4.78, 5) is 78.1. The molecule has 5 bridgehead atoms. The minimum absolute atomic E-state index is 0.000707. The number of aliphatic hydroxyl groups is 1. The molecule has 9 atom stereocenters. The number of rotatable bonds is 4. The monoisotopic (exact) mass is 723 g/mol. The van der Waals surface area contributed by atoms with Crippen LogP contribution in [0.5, 0.6) is 11.5 Å². The molecule has 4 aliphatic rings. The van der Waals surface area contributed by atoms with Gasteiger partial charge in [0.25, 0.3) is 18.2 Å². The van der Waals surface area contributed by atoms with Gasteiger partial charge in [-0.15, -0.1) is 0 Å². The zero-order valence-corrected chi connectivity index (χ0v) is 30.5. The van der Waals surface area contributed by atoms with E-state index < -0.39 is 100 Å². The van der Waals surface area contributed by atoms with E-state index in [0.717, 1.165) is 12.3 Å². The van der Waals surface area contributed by atoms with Crippen molar-refractivity contribution in [1.29, 1.82) is 0 Å². The van der Waals surface area contributed by atoms with Crippen LogP contribution in [0.4, 0.5) is 0 Å². The average molecular weight is 724 g/mol. The number of benzene rings is 1. The molecule has 1 aromatic rings. The molecule has 280 valence electrons. The molecule has 1 aromatic carbocycles. The second-order valence-electron chi connectivity index (χ2n) is 13.6. The second kappa shape index (κ2) is 15.7. The lowest BCUT2D eigenvalue weighted by Crippen LogP contribution is -2.47. The Kier molecular flexibility index (Phi) is 12.0. The first-order valence-corrected chi connectivity index (χ1v) is 16.8. The minimum atomic E-state index is -2.05. The van der Waals surface area contributed by atoms with Gasteiger partial charge in [-0.2, -0.15) is 0 Å². The molecule has 1 aliphatic carbocycles. The average Bonchev–Trinajstić information content (AvgIpc) is 3.36. The van der Waals surface area contributed by atoms with Gasteiger partial charge >= 0.3 is 11.8 Å². The molecule has 52 heavy (non-hydrogen) atoms. The Labute approximate surface area is 301 Å². The number of ketones is 3. The van der Waals surface area contributed by atoms with Crippen LogP contribution in [0.3, 0.4) is 0 Å². The molecule has 3 heterocycles. The van der Waals surface area contributed by atoms with E-state index in [4.69, 9.17) is 23.7 Å². The summed E-state index contributed by atoms with van der Waals surface area (Å²) in [6.07, 6.45) is 4.40. The summed E-state index contributed by atoms with van der Waals surface area (Å²) >= 11 is 0. The van der Waals surface area contributed by atoms with Gasteiger partial charge in [0, 0.05) is 61.8 Å². The van der Waals surface area contributed by atoms with Crippen molar-refractivity contribution in [3.05, 3.63) is 70.2 Å². The van der Waals surface area contributed by atoms with Crippen LogP contribution < -0.4 is 10.1 Å². The Morgan fingerprint density at radius 1 is 0.981 bits per heavy atom. The lowest BCUT2D eigenvalue weighted by molar-refractivity contribution is -0.162. The fourth-order valence-electron chi connectivity index (χ4n) is 6.92. The van der Waals surface area contributed by atoms with Crippen LogP contribution >= 0.6 is 0 Å². The summed E-state index contributed by atoms with van der Waals surface area (Å²) in [5, 5.41) is 25.1. The highest BCUT2D eigenvalue weighted by atomic mass is 16.7. The highest BCUT2D eigenvalue weighted by Gasteiger charge is 2.51. The van der Waals surface area contributed by atoms with E-state index in [0.29, 0.717) is 0 Å². The zero-order valence-electron chi connectivity index (χ0n) is 30.5. The second-order valence-corrected chi connectivity index (χ2v) is 13.6. The number of esters is 1. The van der Waals surface area contributed by atoms with Crippen molar-refractivity contribution in [3.8, 4) is 11.5 Å². The number of ether oxygens (including phenoxy) is 5. The van der Waals surface area contributed by atoms with Crippen LogP contribution in [-0.2, 0) is 33.3 Å². The number of allylic oxidation sites excluding steroid dienone is 4. The Bertz CT molecular complexity index is 1790. The number of phenolic OH excluding ortho intramolecular Hbond substituents is 1. The summed E-state index contributed by atoms with van der Waals surface area (Å²) in [6, 6.07) is 0. The lowest BCUT2D eigenvalue weighted by Gasteiger charge is -2.38. The van der Waals surface area contributed by atoms with E-state index in [1.165, 1.54) is 47.0 Å². The number of carbonyl (C=O) groups excluding carboxylic acids is 6. The number of hydrogen-bond donors (Lipinski definition) is 3. The Morgan fingerprint density at radius 3 is 2.25 bits per heavy atom. The third-order valence-corrected chi connectivity index (χ3v) is 9.97. The molecule has 0 spiro atoms. The van der Waals surface area contributed by atoms with Gasteiger partial charge in [0.05, 0.1) is 40.9 Å². The molecule has 0 fully saturated rings. The normalized spacial score (nSPS) is 31.2. The van der Waals surface area contributed by atoms with Crippen molar-refractivity contribution in [2.24, 2.45) is 23.7 Å². The van der Waals surface area contributed by atoms with Gasteiger partial charge in [-0.05, 0) is 19.9 Å². The Hall–Kier alpha value is -5.08. The first-order chi connectivity index (χ1) is 24.4.